The van der Waals surface area contributed by atoms with Gasteiger partial charge in [-0.15, -0.1) is 0 Å². The minimum atomic E-state index is -4.48. The van der Waals surface area contributed by atoms with E-state index in [0.29, 0.717) is 12.1 Å². The second kappa shape index (κ2) is 7.33. The molecule has 0 atom stereocenters. The van der Waals surface area contributed by atoms with Gasteiger partial charge >= 0.3 is 6.18 Å². The number of alkyl halides is 3. The zero-order valence-corrected chi connectivity index (χ0v) is 12.9. The molecule has 0 unspecified atom stereocenters. The van der Waals surface area contributed by atoms with Gasteiger partial charge in [-0.1, -0.05) is 6.92 Å². The van der Waals surface area contributed by atoms with Crippen molar-refractivity contribution in [3.05, 3.63) is 36.0 Å². The number of anilines is 2. The molecule has 0 saturated heterocycles. The van der Waals surface area contributed by atoms with Gasteiger partial charge in [-0.3, -0.25) is 0 Å². The highest BCUT2D eigenvalue weighted by atomic mass is 19.4. The fraction of sp³-hybridized carbons (Fsp3) is 0.333. The SMILES string of the molecule is CCc1ncnc(Nc2ccc(OC)c(OCC(F)(F)F)c2)c1F. The molecule has 9 heteroatoms. The number of hydrogen-bond acceptors (Lipinski definition) is 5. The number of ether oxygens (including phenoxy) is 2. The Balaban J connectivity index is 2.25. The minimum absolute atomic E-state index is 0.0752. The molecule has 1 aromatic carbocycles. The molecule has 2 rings (SSSR count). The highest BCUT2D eigenvalue weighted by Gasteiger charge is 2.29. The first-order valence-electron chi connectivity index (χ1n) is 6.98. The first kappa shape index (κ1) is 17.8. The van der Waals surface area contributed by atoms with Crippen LogP contribution in [0, 0.1) is 5.82 Å². The molecule has 0 spiro atoms. The number of benzene rings is 1. The molecule has 1 aromatic heterocycles. The molecule has 5 nitrogen and oxygen atoms in total. The van der Waals surface area contributed by atoms with E-state index in [9.17, 15) is 17.6 Å². The molecule has 0 aliphatic carbocycles. The van der Waals surface area contributed by atoms with Crippen LogP contribution in [0.15, 0.2) is 24.5 Å². The monoisotopic (exact) mass is 345 g/mol. The Morgan fingerprint density at radius 3 is 2.54 bits per heavy atom. The highest BCUT2D eigenvalue weighted by Crippen LogP contribution is 2.33. The molecule has 0 aliphatic heterocycles. The number of halogens is 4. The fourth-order valence-corrected chi connectivity index (χ4v) is 1.90. The summed E-state index contributed by atoms with van der Waals surface area (Å²) in [7, 11) is 1.31. The normalized spacial score (nSPS) is 11.2. The molecule has 24 heavy (non-hydrogen) atoms. The average molecular weight is 345 g/mol. The lowest BCUT2D eigenvalue weighted by atomic mass is 10.2. The van der Waals surface area contributed by atoms with E-state index in [4.69, 9.17) is 9.47 Å². The van der Waals surface area contributed by atoms with E-state index >= 15 is 0 Å². The lowest BCUT2D eigenvalue weighted by molar-refractivity contribution is -0.153. The zero-order chi connectivity index (χ0) is 17.7. The van der Waals surface area contributed by atoms with E-state index < -0.39 is 18.6 Å². The maximum absolute atomic E-state index is 14.1. The fourth-order valence-electron chi connectivity index (χ4n) is 1.90. The Morgan fingerprint density at radius 1 is 1.17 bits per heavy atom. The molecule has 2 aromatic rings. The highest BCUT2D eigenvalue weighted by molar-refractivity contribution is 5.61. The summed E-state index contributed by atoms with van der Waals surface area (Å²) in [5, 5.41) is 2.69. The third-order valence-corrected chi connectivity index (χ3v) is 3.01. The first-order valence-corrected chi connectivity index (χ1v) is 6.98. The van der Waals surface area contributed by atoms with Gasteiger partial charge in [-0.05, 0) is 18.6 Å². The van der Waals surface area contributed by atoms with Gasteiger partial charge in [-0.25, -0.2) is 14.4 Å². The van der Waals surface area contributed by atoms with Crippen LogP contribution in [0.1, 0.15) is 12.6 Å². The summed E-state index contributed by atoms with van der Waals surface area (Å²) in [5.74, 6) is -0.686. The Hall–Kier alpha value is -2.58. The molecule has 0 saturated carbocycles. The Labute approximate surface area is 135 Å². The van der Waals surface area contributed by atoms with Crippen molar-refractivity contribution >= 4 is 11.5 Å². The van der Waals surface area contributed by atoms with Gasteiger partial charge in [0.15, 0.2) is 29.7 Å². The molecule has 0 radical (unpaired) electrons. The summed E-state index contributed by atoms with van der Waals surface area (Å²) in [6.07, 6.45) is -2.90. The van der Waals surface area contributed by atoms with E-state index in [2.05, 4.69) is 15.3 Å². The van der Waals surface area contributed by atoms with Crippen LogP contribution in [0.3, 0.4) is 0 Å². The molecular formula is C15H15F4N3O2. The van der Waals surface area contributed by atoms with Crippen molar-refractivity contribution < 1.29 is 27.0 Å². The number of rotatable bonds is 6. The predicted molar refractivity (Wildman–Crippen MR) is 79.2 cm³/mol. The van der Waals surface area contributed by atoms with Gasteiger partial charge < -0.3 is 14.8 Å². The maximum Gasteiger partial charge on any atom is 0.422 e. The molecule has 0 bridgehead atoms. The maximum atomic E-state index is 14.1. The average Bonchev–Trinajstić information content (AvgIpc) is 2.54. The summed E-state index contributed by atoms with van der Waals surface area (Å²) in [5.41, 5.74) is 0.530. The zero-order valence-electron chi connectivity index (χ0n) is 12.9. The number of hydrogen-bond donors (Lipinski definition) is 1. The number of aromatic nitrogens is 2. The van der Waals surface area contributed by atoms with Crippen LogP contribution in [0.4, 0.5) is 29.1 Å². The van der Waals surface area contributed by atoms with Gasteiger partial charge in [0.05, 0.1) is 12.8 Å². The van der Waals surface area contributed by atoms with Crippen molar-refractivity contribution in [2.75, 3.05) is 19.0 Å². The lowest BCUT2D eigenvalue weighted by Gasteiger charge is -2.14. The summed E-state index contributed by atoms with van der Waals surface area (Å²) in [6, 6.07) is 4.19. The van der Waals surface area contributed by atoms with E-state index in [-0.39, 0.29) is 23.0 Å². The van der Waals surface area contributed by atoms with Crippen LogP contribution in [0.25, 0.3) is 0 Å². The van der Waals surface area contributed by atoms with Crippen molar-refractivity contribution in [2.45, 2.75) is 19.5 Å². The second-order valence-corrected chi connectivity index (χ2v) is 4.73. The van der Waals surface area contributed by atoms with E-state index in [1.54, 1.807) is 6.92 Å². The topological polar surface area (TPSA) is 56.3 Å². The third-order valence-electron chi connectivity index (χ3n) is 3.01. The first-order chi connectivity index (χ1) is 11.3. The third kappa shape index (κ3) is 4.46. The minimum Gasteiger partial charge on any atom is -0.493 e. The Bertz CT molecular complexity index is 708. The van der Waals surface area contributed by atoms with Crippen molar-refractivity contribution in [1.82, 2.24) is 9.97 Å². The van der Waals surface area contributed by atoms with Crippen molar-refractivity contribution in [1.29, 1.82) is 0 Å². The quantitative estimate of drug-likeness (QED) is 0.806. The summed E-state index contributed by atoms with van der Waals surface area (Å²) >= 11 is 0. The van der Waals surface area contributed by atoms with E-state index in [0.717, 1.165) is 0 Å². The van der Waals surface area contributed by atoms with Crippen molar-refractivity contribution in [3.8, 4) is 11.5 Å². The van der Waals surface area contributed by atoms with Gasteiger partial charge in [0.25, 0.3) is 0 Å². The van der Waals surface area contributed by atoms with Crippen LogP contribution in [0.2, 0.25) is 0 Å². The van der Waals surface area contributed by atoms with Gasteiger partial charge in [0.2, 0.25) is 0 Å². The van der Waals surface area contributed by atoms with Gasteiger partial charge in [-0.2, -0.15) is 13.2 Å². The number of nitrogens with zero attached hydrogens (tertiary/aromatic N) is 2. The standard InChI is InChI=1S/C15H15F4N3O2/c1-3-10-13(16)14(21-8-20-10)22-9-4-5-11(23-2)12(6-9)24-7-15(17,18)19/h4-6,8H,3,7H2,1-2H3,(H,20,21,22). The Kier molecular flexibility index (Phi) is 5.42. The van der Waals surface area contributed by atoms with Crippen LogP contribution in [0.5, 0.6) is 11.5 Å². The number of methoxy groups -OCH3 is 1. The smallest absolute Gasteiger partial charge is 0.422 e. The van der Waals surface area contributed by atoms with Crippen LogP contribution < -0.4 is 14.8 Å². The summed E-state index contributed by atoms with van der Waals surface area (Å²) in [4.78, 5) is 7.60. The molecule has 0 amide bonds. The lowest BCUT2D eigenvalue weighted by Crippen LogP contribution is -2.19. The van der Waals surface area contributed by atoms with Crippen LogP contribution >= 0.6 is 0 Å². The molecule has 130 valence electrons. The number of nitrogens with one attached hydrogen (secondary N) is 1. The number of aryl methyl sites for hydroxylation is 1. The van der Waals surface area contributed by atoms with Crippen LogP contribution in [-0.4, -0.2) is 29.9 Å². The predicted octanol–water partition coefficient (Wildman–Crippen LogP) is 3.87. The van der Waals surface area contributed by atoms with Crippen molar-refractivity contribution in [2.24, 2.45) is 0 Å². The molecule has 1 N–H and O–H groups in total. The van der Waals surface area contributed by atoms with E-state index in [1.165, 1.54) is 31.6 Å². The van der Waals surface area contributed by atoms with Crippen molar-refractivity contribution in [3.63, 3.8) is 0 Å². The van der Waals surface area contributed by atoms with Gasteiger partial charge in [0, 0.05) is 11.8 Å². The molecule has 0 fully saturated rings. The largest absolute Gasteiger partial charge is 0.493 e. The van der Waals surface area contributed by atoms with Gasteiger partial charge in [0.1, 0.15) is 6.33 Å². The van der Waals surface area contributed by atoms with E-state index in [1.807, 2.05) is 0 Å². The van der Waals surface area contributed by atoms with Crippen LogP contribution in [-0.2, 0) is 6.42 Å². The Morgan fingerprint density at radius 2 is 1.92 bits per heavy atom. The summed E-state index contributed by atoms with van der Waals surface area (Å²) < 4.78 is 60.7. The summed E-state index contributed by atoms with van der Waals surface area (Å²) in [6.45, 7) is 0.278. The molecule has 0 aliphatic rings. The molecule has 1 heterocycles. The molecular weight excluding hydrogens is 330 g/mol. The second-order valence-electron chi connectivity index (χ2n) is 4.73.